The molecule has 0 radical (unpaired) electrons. The Hall–Kier alpha value is -2.69. The van der Waals surface area contributed by atoms with Crippen molar-refractivity contribution in [1.29, 1.82) is 0 Å². The van der Waals surface area contributed by atoms with E-state index in [0.717, 1.165) is 16.8 Å². The summed E-state index contributed by atoms with van der Waals surface area (Å²) in [5.74, 6) is 0.322. The van der Waals surface area contributed by atoms with Gasteiger partial charge in [-0.1, -0.05) is 29.4 Å². The Morgan fingerprint density at radius 3 is 2.70 bits per heavy atom. The number of nitrogens with one attached hydrogen (secondary N) is 1. The number of nitrogens with zero attached hydrogens (tertiary/aromatic N) is 2. The molecule has 0 amide bonds. The van der Waals surface area contributed by atoms with Crippen molar-refractivity contribution in [2.75, 3.05) is 5.32 Å². The first-order chi connectivity index (χ1) is 9.81. The normalized spacial score (nSPS) is 10.4. The molecule has 1 heterocycles. The van der Waals surface area contributed by atoms with Crippen LogP contribution in [-0.4, -0.2) is 10.1 Å². The van der Waals surface area contributed by atoms with Gasteiger partial charge in [0.25, 0.3) is 0 Å². The van der Waals surface area contributed by atoms with E-state index in [0.29, 0.717) is 12.4 Å². The molecule has 3 rings (SSSR count). The third-order valence-electron chi connectivity index (χ3n) is 2.89. The molecule has 3 aromatic rings. The quantitative estimate of drug-likeness (QED) is 0.787. The van der Waals surface area contributed by atoms with Crippen LogP contribution in [0.15, 0.2) is 59.4 Å². The summed E-state index contributed by atoms with van der Waals surface area (Å²) in [5, 5.41) is 7.07. The molecule has 20 heavy (non-hydrogen) atoms. The van der Waals surface area contributed by atoms with Gasteiger partial charge in [0.15, 0.2) is 0 Å². The molecule has 0 aliphatic heterocycles. The lowest BCUT2D eigenvalue weighted by Gasteiger charge is -2.07. The molecule has 0 atom stereocenters. The molecule has 0 saturated carbocycles. The van der Waals surface area contributed by atoms with Crippen molar-refractivity contribution in [2.45, 2.75) is 6.54 Å². The fourth-order valence-electron chi connectivity index (χ4n) is 1.87. The minimum atomic E-state index is -0.229. The van der Waals surface area contributed by atoms with Gasteiger partial charge in [0.2, 0.25) is 12.2 Å². The lowest BCUT2D eigenvalue weighted by atomic mass is 10.1. The second kappa shape index (κ2) is 5.52. The number of halogens is 1. The summed E-state index contributed by atoms with van der Waals surface area (Å²) >= 11 is 0. The van der Waals surface area contributed by atoms with E-state index in [1.807, 2.05) is 24.3 Å². The topological polar surface area (TPSA) is 51.0 Å². The zero-order valence-corrected chi connectivity index (χ0v) is 10.6. The zero-order chi connectivity index (χ0) is 13.8. The molecule has 0 unspecified atom stereocenters. The van der Waals surface area contributed by atoms with Crippen LogP contribution in [-0.2, 0) is 6.54 Å². The maximum Gasteiger partial charge on any atom is 0.214 e. The molecule has 1 aromatic heterocycles. The molecule has 100 valence electrons. The van der Waals surface area contributed by atoms with Crippen molar-refractivity contribution in [2.24, 2.45) is 0 Å². The fraction of sp³-hybridized carbons (Fsp3) is 0.0667. The maximum absolute atomic E-state index is 12.8. The number of rotatable bonds is 4. The summed E-state index contributed by atoms with van der Waals surface area (Å²) in [5.41, 5.74) is 2.83. The van der Waals surface area contributed by atoms with E-state index >= 15 is 0 Å². The highest BCUT2D eigenvalue weighted by molar-refractivity contribution is 5.61. The standard InChI is InChI=1S/C15H12FN3O/c16-13-6-4-11(5-7-13)9-17-14-3-1-2-12(8-14)15-18-10-20-19-15/h1-8,10,17H,9H2. The summed E-state index contributed by atoms with van der Waals surface area (Å²) in [6.07, 6.45) is 1.30. The van der Waals surface area contributed by atoms with E-state index in [4.69, 9.17) is 4.52 Å². The Kier molecular flexibility index (Phi) is 3.41. The molecule has 0 bridgehead atoms. The van der Waals surface area contributed by atoms with Crippen LogP contribution >= 0.6 is 0 Å². The van der Waals surface area contributed by atoms with Crippen LogP contribution in [0.3, 0.4) is 0 Å². The van der Waals surface area contributed by atoms with Gasteiger partial charge < -0.3 is 9.84 Å². The predicted octanol–water partition coefficient (Wildman–Crippen LogP) is 3.49. The van der Waals surface area contributed by atoms with Crippen LogP contribution < -0.4 is 5.32 Å². The Labute approximate surface area is 115 Å². The van der Waals surface area contributed by atoms with Gasteiger partial charge in [-0.15, -0.1) is 0 Å². The van der Waals surface area contributed by atoms with E-state index in [2.05, 4.69) is 15.5 Å². The average Bonchev–Trinajstić information content (AvgIpc) is 3.01. The first-order valence-corrected chi connectivity index (χ1v) is 6.16. The summed E-state index contributed by atoms with van der Waals surface area (Å²) < 4.78 is 17.5. The van der Waals surface area contributed by atoms with Crippen LogP contribution in [0.1, 0.15) is 5.56 Å². The molecule has 0 aliphatic carbocycles. The summed E-state index contributed by atoms with van der Waals surface area (Å²) in [6, 6.07) is 14.1. The van der Waals surface area contributed by atoms with Crippen LogP contribution in [0, 0.1) is 5.82 Å². The predicted molar refractivity (Wildman–Crippen MR) is 73.5 cm³/mol. The summed E-state index contributed by atoms with van der Waals surface area (Å²) in [4.78, 5) is 4.01. The lowest BCUT2D eigenvalue weighted by molar-refractivity contribution is 0.419. The van der Waals surface area contributed by atoms with Gasteiger partial charge in [-0.05, 0) is 29.8 Å². The van der Waals surface area contributed by atoms with Gasteiger partial charge in [0.1, 0.15) is 5.82 Å². The largest absolute Gasteiger partial charge is 0.381 e. The summed E-state index contributed by atoms with van der Waals surface area (Å²) in [7, 11) is 0. The summed E-state index contributed by atoms with van der Waals surface area (Å²) in [6.45, 7) is 0.621. The van der Waals surface area contributed by atoms with E-state index < -0.39 is 0 Å². The van der Waals surface area contributed by atoms with E-state index in [1.165, 1.54) is 18.5 Å². The number of anilines is 1. The molecule has 2 aromatic carbocycles. The van der Waals surface area contributed by atoms with Gasteiger partial charge >= 0.3 is 0 Å². The van der Waals surface area contributed by atoms with Crippen LogP contribution in [0.5, 0.6) is 0 Å². The first kappa shape index (κ1) is 12.3. The molecule has 1 N–H and O–H groups in total. The highest BCUT2D eigenvalue weighted by Crippen LogP contribution is 2.19. The number of benzene rings is 2. The third-order valence-corrected chi connectivity index (χ3v) is 2.89. The second-order valence-electron chi connectivity index (χ2n) is 4.32. The Morgan fingerprint density at radius 1 is 1.10 bits per heavy atom. The van der Waals surface area contributed by atoms with Crippen molar-refractivity contribution in [3.05, 3.63) is 66.3 Å². The number of hydrogen-bond donors (Lipinski definition) is 1. The SMILES string of the molecule is Fc1ccc(CNc2cccc(-c3ncon3)c2)cc1. The molecule has 4 nitrogen and oxygen atoms in total. The highest BCUT2D eigenvalue weighted by Gasteiger charge is 2.03. The fourth-order valence-corrected chi connectivity index (χ4v) is 1.87. The third kappa shape index (κ3) is 2.83. The second-order valence-corrected chi connectivity index (χ2v) is 4.32. The van der Waals surface area contributed by atoms with Crippen molar-refractivity contribution in [3.63, 3.8) is 0 Å². The first-order valence-electron chi connectivity index (χ1n) is 6.16. The van der Waals surface area contributed by atoms with Crippen LogP contribution in [0.2, 0.25) is 0 Å². The van der Waals surface area contributed by atoms with Crippen molar-refractivity contribution in [3.8, 4) is 11.4 Å². The molecule has 0 saturated heterocycles. The molecule has 0 aliphatic rings. The van der Waals surface area contributed by atoms with Crippen LogP contribution in [0.4, 0.5) is 10.1 Å². The maximum atomic E-state index is 12.8. The molecule has 0 spiro atoms. The van der Waals surface area contributed by atoms with Crippen molar-refractivity contribution in [1.82, 2.24) is 10.1 Å². The monoisotopic (exact) mass is 269 g/mol. The molecular weight excluding hydrogens is 257 g/mol. The van der Waals surface area contributed by atoms with Crippen molar-refractivity contribution >= 4 is 5.69 Å². The zero-order valence-electron chi connectivity index (χ0n) is 10.6. The number of hydrogen-bond acceptors (Lipinski definition) is 4. The van der Waals surface area contributed by atoms with E-state index in [1.54, 1.807) is 12.1 Å². The van der Waals surface area contributed by atoms with Gasteiger partial charge in [0, 0.05) is 17.8 Å². The Balaban J connectivity index is 1.72. The van der Waals surface area contributed by atoms with E-state index in [-0.39, 0.29) is 5.82 Å². The Morgan fingerprint density at radius 2 is 1.95 bits per heavy atom. The van der Waals surface area contributed by atoms with Gasteiger partial charge in [0.05, 0.1) is 0 Å². The highest BCUT2D eigenvalue weighted by atomic mass is 19.1. The molecule has 0 fully saturated rings. The molecular formula is C15H12FN3O. The average molecular weight is 269 g/mol. The van der Waals surface area contributed by atoms with E-state index in [9.17, 15) is 4.39 Å². The minimum absolute atomic E-state index is 0.229. The smallest absolute Gasteiger partial charge is 0.214 e. The number of aromatic nitrogens is 2. The van der Waals surface area contributed by atoms with Gasteiger partial charge in [-0.2, -0.15) is 4.98 Å². The van der Waals surface area contributed by atoms with Crippen LogP contribution in [0.25, 0.3) is 11.4 Å². The lowest BCUT2D eigenvalue weighted by Crippen LogP contribution is -1.99. The Bertz CT molecular complexity index is 681. The minimum Gasteiger partial charge on any atom is -0.381 e. The van der Waals surface area contributed by atoms with Crippen molar-refractivity contribution < 1.29 is 8.91 Å². The van der Waals surface area contributed by atoms with Gasteiger partial charge in [-0.25, -0.2) is 4.39 Å². The van der Waals surface area contributed by atoms with Gasteiger partial charge in [-0.3, -0.25) is 0 Å². The molecule has 5 heteroatoms.